The van der Waals surface area contributed by atoms with E-state index < -0.39 is 0 Å². The number of para-hydroxylation sites is 5. The quantitative estimate of drug-likeness (QED) is 0.236. The molecular weight excluding hydrogens is 492 g/mol. The van der Waals surface area contributed by atoms with Crippen molar-refractivity contribution in [1.82, 2.24) is 19.3 Å². The molecule has 40 heavy (non-hydrogen) atoms. The number of fused-ring (bicyclic) bond motifs is 1. The largest absolute Gasteiger partial charge is 0.506 e. The molecule has 0 saturated heterocycles. The fraction of sp³-hybridized carbons (Fsp3) is 0.200. The van der Waals surface area contributed by atoms with Crippen molar-refractivity contribution in [2.24, 2.45) is 0 Å². The number of nitrogens with zero attached hydrogens (tertiary/aromatic N) is 4. The normalized spacial score (nSPS) is 11.7. The minimum absolute atomic E-state index is 0.201. The molecule has 1 N–H and O–H groups in total. The Kier molecular flexibility index (Phi) is 6.51. The average molecular weight is 527 g/mol. The number of aromatic hydroxyl groups is 1. The molecule has 0 aliphatic carbocycles. The average Bonchev–Trinajstić information content (AvgIpc) is 3.53. The summed E-state index contributed by atoms with van der Waals surface area (Å²) in [6.45, 7) is 11.0. The highest BCUT2D eigenvalue weighted by molar-refractivity contribution is 5.85. The minimum atomic E-state index is 0.201. The van der Waals surface area contributed by atoms with Gasteiger partial charge in [0.1, 0.15) is 17.3 Å². The third kappa shape index (κ3) is 4.37. The summed E-state index contributed by atoms with van der Waals surface area (Å²) >= 11 is 0. The number of hydrogen-bond donors (Lipinski definition) is 1. The van der Waals surface area contributed by atoms with E-state index in [9.17, 15) is 5.11 Å². The van der Waals surface area contributed by atoms with E-state index in [4.69, 9.17) is 10.1 Å². The molecule has 5 nitrogen and oxygen atoms in total. The van der Waals surface area contributed by atoms with E-state index in [-0.39, 0.29) is 5.75 Å². The van der Waals surface area contributed by atoms with Gasteiger partial charge in [-0.1, -0.05) is 88.4 Å². The van der Waals surface area contributed by atoms with Gasteiger partial charge in [0.15, 0.2) is 0 Å². The minimum Gasteiger partial charge on any atom is -0.506 e. The Morgan fingerprint density at radius 3 is 2.08 bits per heavy atom. The van der Waals surface area contributed by atoms with E-state index in [1.54, 1.807) is 10.7 Å². The molecular formula is C35H34N4O. The number of aromatic nitrogens is 4. The SMILES string of the molecule is Cc1cc(-c2cccc(-c3nc4ccccc4n3-c3c(C(C)C)cccc3C(C)C)c2)nn1-c1ccccc1O. The van der Waals surface area contributed by atoms with Crippen LogP contribution >= 0.6 is 0 Å². The molecule has 0 spiro atoms. The summed E-state index contributed by atoms with van der Waals surface area (Å²) in [6, 6.07) is 32.8. The fourth-order valence-corrected chi connectivity index (χ4v) is 5.54. The third-order valence-electron chi connectivity index (χ3n) is 7.54. The van der Waals surface area contributed by atoms with Crippen molar-refractivity contribution in [3.05, 3.63) is 114 Å². The zero-order valence-corrected chi connectivity index (χ0v) is 23.6. The molecule has 0 fully saturated rings. The summed E-state index contributed by atoms with van der Waals surface area (Å²) in [5.41, 5.74) is 10.4. The van der Waals surface area contributed by atoms with Crippen molar-refractivity contribution >= 4 is 11.0 Å². The number of hydrogen-bond acceptors (Lipinski definition) is 3. The van der Waals surface area contributed by atoms with Crippen LogP contribution in [0.2, 0.25) is 0 Å². The fourth-order valence-electron chi connectivity index (χ4n) is 5.54. The lowest BCUT2D eigenvalue weighted by Gasteiger charge is -2.22. The highest BCUT2D eigenvalue weighted by Crippen LogP contribution is 2.38. The number of phenols is 1. The summed E-state index contributed by atoms with van der Waals surface area (Å²) < 4.78 is 4.14. The highest BCUT2D eigenvalue weighted by atomic mass is 16.3. The number of imidazole rings is 1. The highest BCUT2D eigenvalue weighted by Gasteiger charge is 2.22. The lowest BCUT2D eigenvalue weighted by Crippen LogP contribution is -2.08. The van der Waals surface area contributed by atoms with Gasteiger partial charge in [-0.15, -0.1) is 0 Å². The van der Waals surface area contributed by atoms with Crippen molar-refractivity contribution in [3.63, 3.8) is 0 Å². The van der Waals surface area contributed by atoms with Crippen LogP contribution in [0.5, 0.6) is 5.75 Å². The first-order chi connectivity index (χ1) is 19.3. The smallest absolute Gasteiger partial charge is 0.145 e. The van der Waals surface area contributed by atoms with Gasteiger partial charge >= 0.3 is 0 Å². The van der Waals surface area contributed by atoms with Crippen LogP contribution in [0, 0.1) is 6.92 Å². The van der Waals surface area contributed by atoms with Crippen LogP contribution in [0.4, 0.5) is 0 Å². The second-order valence-corrected chi connectivity index (χ2v) is 11.0. The summed E-state index contributed by atoms with van der Waals surface area (Å²) in [5.74, 6) is 1.83. The molecule has 0 bridgehead atoms. The summed E-state index contributed by atoms with van der Waals surface area (Å²) in [5, 5.41) is 15.3. The van der Waals surface area contributed by atoms with Gasteiger partial charge < -0.3 is 5.11 Å². The monoisotopic (exact) mass is 526 g/mol. The first kappa shape index (κ1) is 25.6. The predicted octanol–water partition coefficient (Wildman–Crippen LogP) is 8.81. The molecule has 200 valence electrons. The van der Waals surface area contributed by atoms with Gasteiger partial charge in [-0.3, -0.25) is 4.57 Å². The van der Waals surface area contributed by atoms with E-state index in [0.29, 0.717) is 17.5 Å². The zero-order chi connectivity index (χ0) is 28.0. The Labute approximate surface area is 235 Å². The molecule has 0 amide bonds. The van der Waals surface area contributed by atoms with Crippen LogP contribution in [0.1, 0.15) is 56.4 Å². The van der Waals surface area contributed by atoms with Crippen molar-refractivity contribution < 1.29 is 5.11 Å². The number of rotatable bonds is 6. The molecule has 2 heterocycles. The van der Waals surface area contributed by atoms with Crippen LogP contribution < -0.4 is 0 Å². The second kappa shape index (κ2) is 10.2. The van der Waals surface area contributed by atoms with Gasteiger partial charge in [-0.25, -0.2) is 9.67 Å². The summed E-state index contributed by atoms with van der Waals surface area (Å²) in [7, 11) is 0. The van der Waals surface area contributed by atoms with Crippen LogP contribution in [-0.2, 0) is 0 Å². The van der Waals surface area contributed by atoms with E-state index in [2.05, 4.69) is 99.0 Å². The topological polar surface area (TPSA) is 55.9 Å². The van der Waals surface area contributed by atoms with Crippen molar-refractivity contribution in [1.29, 1.82) is 0 Å². The molecule has 0 radical (unpaired) electrons. The molecule has 0 aliphatic rings. The van der Waals surface area contributed by atoms with Gasteiger partial charge in [-0.2, -0.15) is 5.10 Å². The molecule has 5 heteroatoms. The van der Waals surface area contributed by atoms with Crippen molar-refractivity contribution in [2.45, 2.75) is 46.5 Å². The lowest BCUT2D eigenvalue weighted by atomic mass is 9.92. The van der Waals surface area contributed by atoms with Gasteiger partial charge in [0, 0.05) is 16.8 Å². The molecule has 6 aromatic rings. The first-order valence-electron chi connectivity index (χ1n) is 13.9. The van der Waals surface area contributed by atoms with Gasteiger partial charge in [0.25, 0.3) is 0 Å². The van der Waals surface area contributed by atoms with E-state index >= 15 is 0 Å². The van der Waals surface area contributed by atoms with Crippen LogP contribution in [0.25, 0.3) is 45.1 Å². The lowest BCUT2D eigenvalue weighted by molar-refractivity contribution is 0.470. The molecule has 0 atom stereocenters. The molecule has 4 aromatic carbocycles. The Bertz CT molecular complexity index is 1810. The molecule has 6 rings (SSSR count). The van der Waals surface area contributed by atoms with Gasteiger partial charge in [0.2, 0.25) is 0 Å². The second-order valence-electron chi connectivity index (χ2n) is 11.0. The maximum absolute atomic E-state index is 10.4. The molecule has 0 aliphatic heterocycles. The molecule has 2 aromatic heterocycles. The maximum Gasteiger partial charge on any atom is 0.145 e. The van der Waals surface area contributed by atoms with Crippen LogP contribution in [-0.4, -0.2) is 24.4 Å². The van der Waals surface area contributed by atoms with Gasteiger partial charge in [-0.05, 0) is 66.3 Å². The Morgan fingerprint density at radius 1 is 0.700 bits per heavy atom. The van der Waals surface area contributed by atoms with E-state index in [1.807, 2.05) is 31.2 Å². The Hall–Kier alpha value is -4.64. The number of aryl methyl sites for hydroxylation is 1. The third-order valence-corrected chi connectivity index (χ3v) is 7.54. The summed E-state index contributed by atoms with van der Waals surface area (Å²) in [4.78, 5) is 5.18. The number of benzene rings is 4. The summed E-state index contributed by atoms with van der Waals surface area (Å²) in [6.07, 6.45) is 0. The maximum atomic E-state index is 10.4. The van der Waals surface area contributed by atoms with E-state index in [0.717, 1.165) is 39.4 Å². The molecule has 0 saturated carbocycles. The number of phenolic OH excluding ortho intramolecular Hbond substituents is 1. The standard InChI is InChI=1S/C35H34N4O/c1-22(2)27-14-11-15-28(23(3)4)34(27)38-31-17-7-6-16-29(31)36-35(38)26-13-10-12-25(21-26)30-20-24(5)39(37-30)32-18-8-9-19-33(32)40/h6-23,40H,1-5H3. The Balaban J connectivity index is 1.56. The van der Waals surface area contributed by atoms with Crippen molar-refractivity contribution in [3.8, 4) is 39.8 Å². The Morgan fingerprint density at radius 2 is 1.35 bits per heavy atom. The van der Waals surface area contributed by atoms with Crippen LogP contribution in [0.3, 0.4) is 0 Å². The first-order valence-corrected chi connectivity index (χ1v) is 13.9. The van der Waals surface area contributed by atoms with Gasteiger partial charge in [0.05, 0.1) is 22.4 Å². The zero-order valence-electron chi connectivity index (χ0n) is 23.6. The molecule has 0 unspecified atom stereocenters. The van der Waals surface area contributed by atoms with Crippen molar-refractivity contribution in [2.75, 3.05) is 0 Å². The van der Waals surface area contributed by atoms with Crippen LogP contribution in [0.15, 0.2) is 97.1 Å². The predicted molar refractivity (Wildman–Crippen MR) is 164 cm³/mol. The van der Waals surface area contributed by atoms with E-state index in [1.165, 1.54) is 16.8 Å².